The van der Waals surface area contributed by atoms with Gasteiger partial charge < -0.3 is 0 Å². The number of rotatable bonds is 1. The zero-order valence-corrected chi connectivity index (χ0v) is 10.7. The van der Waals surface area contributed by atoms with Crippen molar-refractivity contribution >= 4 is 17.2 Å². The molecule has 3 nitrogen and oxygen atoms in total. The third-order valence-electron chi connectivity index (χ3n) is 2.76. The topological polar surface area (TPSA) is 30.2 Å². The summed E-state index contributed by atoms with van der Waals surface area (Å²) in [5.41, 5.74) is -0.0406. The molecule has 0 aliphatic rings. The van der Waals surface area contributed by atoms with Crippen molar-refractivity contribution in [1.82, 2.24) is 14.6 Å². The second kappa shape index (κ2) is 4.49. The summed E-state index contributed by atoms with van der Waals surface area (Å²) in [5, 5.41) is 4.51. The van der Waals surface area contributed by atoms with Crippen molar-refractivity contribution in [3.05, 3.63) is 53.2 Å². The lowest BCUT2D eigenvalue weighted by molar-refractivity contribution is -0.137. The summed E-state index contributed by atoms with van der Waals surface area (Å²) in [6, 6.07) is 8.19. The summed E-state index contributed by atoms with van der Waals surface area (Å²) in [6.45, 7) is 0. The molecule has 3 rings (SSSR count). The van der Waals surface area contributed by atoms with Crippen molar-refractivity contribution < 1.29 is 13.2 Å². The van der Waals surface area contributed by atoms with Gasteiger partial charge in [0.25, 0.3) is 0 Å². The molecule has 3 aromatic rings. The lowest BCUT2D eigenvalue weighted by atomic mass is 10.1. The molecule has 102 valence electrons. The third-order valence-corrected chi connectivity index (χ3v) is 3.06. The van der Waals surface area contributed by atoms with E-state index in [2.05, 4.69) is 10.1 Å². The zero-order valence-electron chi connectivity index (χ0n) is 9.89. The van der Waals surface area contributed by atoms with E-state index in [0.717, 1.165) is 12.1 Å². The van der Waals surface area contributed by atoms with Gasteiger partial charge in [0.05, 0.1) is 10.6 Å². The van der Waals surface area contributed by atoms with E-state index in [9.17, 15) is 13.2 Å². The number of hydrogen-bond acceptors (Lipinski definition) is 2. The lowest BCUT2D eigenvalue weighted by Gasteiger charge is -2.06. The molecule has 20 heavy (non-hydrogen) atoms. The summed E-state index contributed by atoms with van der Waals surface area (Å²) in [7, 11) is 0. The molecule has 0 N–H and O–H groups in total. The number of benzene rings is 1. The van der Waals surface area contributed by atoms with Crippen molar-refractivity contribution in [2.75, 3.05) is 0 Å². The molecular weight excluding hydrogens is 291 g/mol. The maximum Gasteiger partial charge on any atom is 0.416 e. The monoisotopic (exact) mass is 297 g/mol. The Morgan fingerprint density at radius 2 is 1.90 bits per heavy atom. The quantitative estimate of drug-likeness (QED) is 0.678. The number of alkyl halides is 3. The fourth-order valence-corrected chi connectivity index (χ4v) is 2.03. The van der Waals surface area contributed by atoms with Gasteiger partial charge >= 0.3 is 6.18 Å². The Kier molecular flexibility index (Phi) is 2.90. The minimum absolute atomic E-state index is 0.198. The minimum atomic E-state index is -4.40. The Hall–Kier alpha value is -2.08. The standard InChI is InChI=1S/C13H7ClF3N3/c14-10-5-2-6-20-12(10)18-11(19-20)8-3-1-4-9(7-8)13(15,16)17/h1-7H. The van der Waals surface area contributed by atoms with Crippen LogP contribution in [0.5, 0.6) is 0 Å². The molecule has 0 saturated carbocycles. The maximum absolute atomic E-state index is 12.7. The van der Waals surface area contributed by atoms with Crippen LogP contribution in [0.1, 0.15) is 5.56 Å². The summed E-state index contributed by atoms with van der Waals surface area (Å²) in [6.07, 6.45) is -2.77. The smallest absolute Gasteiger partial charge is 0.219 e. The van der Waals surface area contributed by atoms with Gasteiger partial charge in [-0.3, -0.25) is 0 Å². The Morgan fingerprint density at radius 3 is 2.60 bits per heavy atom. The van der Waals surface area contributed by atoms with E-state index < -0.39 is 11.7 Å². The molecule has 0 unspecified atom stereocenters. The molecule has 7 heteroatoms. The summed E-state index contributed by atoms with van der Waals surface area (Å²) in [5.74, 6) is 0.198. The average Bonchev–Trinajstić information content (AvgIpc) is 2.83. The molecule has 0 saturated heterocycles. The Balaban J connectivity index is 2.14. The molecule has 0 bridgehead atoms. The highest BCUT2D eigenvalue weighted by molar-refractivity contribution is 6.33. The molecule has 2 heterocycles. The SMILES string of the molecule is FC(F)(F)c1cccc(-c2nc3c(Cl)cccn3n2)c1. The van der Waals surface area contributed by atoms with Crippen LogP contribution in [-0.4, -0.2) is 14.6 Å². The summed E-state index contributed by atoms with van der Waals surface area (Å²) < 4.78 is 39.5. The van der Waals surface area contributed by atoms with Gasteiger partial charge in [-0.05, 0) is 24.3 Å². The van der Waals surface area contributed by atoms with Gasteiger partial charge in [-0.2, -0.15) is 13.2 Å². The minimum Gasteiger partial charge on any atom is -0.219 e. The highest BCUT2D eigenvalue weighted by Gasteiger charge is 2.30. The van der Waals surface area contributed by atoms with Gasteiger partial charge in [-0.25, -0.2) is 9.50 Å². The van der Waals surface area contributed by atoms with Crippen LogP contribution in [-0.2, 0) is 6.18 Å². The molecule has 0 radical (unpaired) electrons. The molecule has 0 atom stereocenters. The van der Waals surface area contributed by atoms with E-state index in [0.29, 0.717) is 16.2 Å². The van der Waals surface area contributed by atoms with E-state index in [-0.39, 0.29) is 5.82 Å². The van der Waals surface area contributed by atoms with Gasteiger partial charge in [-0.1, -0.05) is 23.7 Å². The Bertz CT molecular complexity index is 780. The molecular formula is C13H7ClF3N3. The van der Waals surface area contributed by atoms with Crippen LogP contribution in [0.4, 0.5) is 13.2 Å². The molecule has 0 spiro atoms. The van der Waals surface area contributed by atoms with Crippen molar-refractivity contribution in [2.24, 2.45) is 0 Å². The Labute approximate surface area is 116 Å². The second-order valence-electron chi connectivity index (χ2n) is 4.14. The molecule has 0 amide bonds. The first-order chi connectivity index (χ1) is 9.45. The first kappa shape index (κ1) is 12.9. The number of pyridine rings is 1. The van der Waals surface area contributed by atoms with E-state index in [4.69, 9.17) is 11.6 Å². The highest BCUT2D eigenvalue weighted by Crippen LogP contribution is 2.31. The van der Waals surface area contributed by atoms with Gasteiger partial charge in [0.2, 0.25) is 0 Å². The number of aromatic nitrogens is 3. The number of hydrogen-bond donors (Lipinski definition) is 0. The van der Waals surface area contributed by atoms with E-state index in [1.54, 1.807) is 18.3 Å². The van der Waals surface area contributed by atoms with Crippen molar-refractivity contribution in [2.45, 2.75) is 6.18 Å². The van der Waals surface area contributed by atoms with Crippen molar-refractivity contribution in [3.63, 3.8) is 0 Å². The molecule has 0 aliphatic heterocycles. The normalized spacial score (nSPS) is 12.0. The highest BCUT2D eigenvalue weighted by atomic mass is 35.5. The fourth-order valence-electron chi connectivity index (χ4n) is 1.83. The number of fused-ring (bicyclic) bond motifs is 1. The van der Waals surface area contributed by atoms with E-state index in [1.807, 2.05) is 0 Å². The largest absolute Gasteiger partial charge is 0.416 e. The van der Waals surface area contributed by atoms with Crippen molar-refractivity contribution in [3.8, 4) is 11.4 Å². The first-order valence-corrected chi connectivity index (χ1v) is 6.01. The van der Waals surface area contributed by atoms with Crippen LogP contribution in [0.3, 0.4) is 0 Å². The van der Waals surface area contributed by atoms with Gasteiger partial charge in [0, 0.05) is 11.8 Å². The van der Waals surface area contributed by atoms with Crippen LogP contribution in [0.25, 0.3) is 17.0 Å². The average molecular weight is 298 g/mol. The predicted molar refractivity (Wildman–Crippen MR) is 68.4 cm³/mol. The predicted octanol–water partition coefficient (Wildman–Crippen LogP) is 4.07. The molecule has 2 aromatic heterocycles. The van der Waals surface area contributed by atoms with Crippen LogP contribution in [0.15, 0.2) is 42.6 Å². The van der Waals surface area contributed by atoms with Gasteiger partial charge in [-0.15, -0.1) is 5.10 Å². The second-order valence-corrected chi connectivity index (χ2v) is 4.55. The molecule has 0 fully saturated rings. The van der Waals surface area contributed by atoms with Gasteiger partial charge in [0.1, 0.15) is 0 Å². The summed E-state index contributed by atoms with van der Waals surface area (Å²) in [4.78, 5) is 4.16. The first-order valence-electron chi connectivity index (χ1n) is 5.64. The van der Waals surface area contributed by atoms with Crippen LogP contribution >= 0.6 is 11.6 Å². The maximum atomic E-state index is 12.7. The van der Waals surface area contributed by atoms with Crippen LogP contribution in [0.2, 0.25) is 5.02 Å². The summed E-state index contributed by atoms with van der Waals surface area (Å²) >= 11 is 5.96. The van der Waals surface area contributed by atoms with Gasteiger partial charge in [0.15, 0.2) is 11.5 Å². The van der Waals surface area contributed by atoms with Crippen LogP contribution in [0, 0.1) is 0 Å². The van der Waals surface area contributed by atoms with E-state index >= 15 is 0 Å². The zero-order chi connectivity index (χ0) is 14.3. The Morgan fingerprint density at radius 1 is 1.10 bits per heavy atom. The molecule has 1 aromatic carbocycles. The number of nitrogens with zero attached hydrogens (tertiary/aromatic N) is 3. The van der Waals surface area contributed by atoms with Crippen molar-refractivity contribution in [1.29, 1.82) is 0 Å². The lowest BCUT2D eigenvalue weighted by Crippen LogP contribution is -2.04. The van der Waals surface area contributed by atoms with Crippen LogP contribution < -0.4 is 0 Å². The fraction of sp³-hybridized carbons (Fsp3) is 0.0769. The number of halogens is 4. The molecule has 0 aliphatic carbocycles. The third kappa shape index (κ3) is 2.22. The van der Waals surface area contributed by atoms with E-state index in [1.165, 1.54) is 16.6 Å².